The number of ketones is 1. The number of carbonyl (C=O) groups is 1. The second-order valence-electron chi connectivity index (χ2n) is 43.9. The molecule has 121 heavy (non-hydrogen) atoms. The minimum Gasteiger partial charge on any atom is -0.414 e. The molecule has 6 fully saturated rings. The van der Waals surface area contributed by atoms with Gasteiger partial charge in [0.2, 0.25) is 0 Å². The summed E-state index contributed by atoms with van der Waals surface area (Å²) < 4.78 is 205. The lowest BCUT2D eigenvalue weighted by atomic mass is 9.55. The molecule has 27 heteroatoms. The van der Waals surface area contributed by atoms with Gasteiger partial charge in [-0.05, 0) is 290 Å². The number of carbonyl (C=O) groups excluding carboxylic acids is 1. The maximum absolute atomic E-state index is 14.6. The Morgan fingerprint density at radius 3 is 1.32 bits per heavy atom. The van der Waals surface area contributed by atoms with E-state index in [1.54, 1.807) is 13.8 Å². The summed E-state index contributed by atoms with van der Waals surface area (Å²) in [7, 11) is -11.8. The molecule has 6 aliphatic rings. The molecular weight excluding hydrogens is 1660 g/mol. The second-order valence-corrected chi connectivity index (χ2v) is 65.1. The second kappa shape index (κ2) is 39.6. The Bertz CT molecular complexity index is 3780. The molecule has 0 spiro atoms. The van der Waals surface area contributed by atoms with Crippen LogP contribution in [0.3, 0.4) is 0 Å². The zero-order valence-corrected chi connectivity index (χ0v) is 82.2. The molecule has 0 radical (unpaired) electrons. The third kappa shape index (κ3) is 27.7. The van der Waals surface area contributed by atoms with E-state index in [9.17, 15) is 82.5 Å². The Morgan fingerprint density at radius 2 is 0.909 bits per heavy atom. The number of Topliss-reactive ketones (excluding diaryl/α,β-unsaturated/α-hetero) is 1. The van der Waals surface area contributed by atoms with Gasteiger partial charge in [-0.15, -0.1) is 0 Å². The first-order valence-corrected chi connectivity index (χ1v) is 58.8. The lowest BCUT2D eigenvalue weighted by Gasteiger charge is -2.49. The van der Waals surface area contributed by atoms with Crippen LogP contribution in [0, 0.1) is 45.3 Å². The molecule has 0 aliphatic heterocycles. The normalized spacial score (nSPS) is 26.6. The lowest BCUT2D eigenvalue weighted by molar-refractivity contribution is -0.347. The molecule has 10 nitrogen and oxygen atoms in total. The Hall–Kier alpha value is -3.25. The van der Waals surface area contributed by atoms with Crippen LogP contribution in [-0.2, 0) is 27.1 Å². The largest absolute Gasteiger partial charge is 0.429 e. The van der Waals surface area contributed by atoms with Gasteiger partial charge in [0.25, 0.3) is 11.2 Å². The van der Waals surface area contributed by atoms with Crippen LogP contribution in [0.15, 0.2) is 120 Å². The zero-order chi connectivity index (χ0) is 92.1. The Kier molecular flexibility index (Phi) is 34.9. The van der Waals surface area contributed by atoms with Crippen molar-refractivity contribution in [3.63, 3.8) is 0 Å². The van der Waals surface area contributed by atoms with Gasteiger partial charge in [0.15, 0.2) is 33.3 Å². The fourth-order valence-electron chi connectivity index (χ4n) is 20.5. The summed E-state index contributed by atoms with van der Waals surface area (Å²) >= 11 is 0. The fraction of sp³-hybridized carbons (Fsp3) is 0.755. The third-order valence-electron chi connectivity index (χ3n) is 28.3. The SMILES string of the molecule is CC(C)(C)[Si](C)(C)O[C@@H]1CC(=CCP(=O)(c2ccccc2)c2ccccc2)C[C@@H](O[Si](C)(C)C(C)(C)C)C1.CC(C)(CCC[C@](C)(C/C=C\C(O[Si](C)(C)C)(C(F)(F)F)C(F)(F)F)[C@H]1CCC2C(=O)CCC[C@@]21C)O[Si](C)(C)C.CC(C)(O)CCC[C@](C)(C/C=C\C(O)(C(F)(F)F)C(F)(F)F)[C@H]1CCC2/C(=C/C=C3C[C@@H](O)C[C@H](O)C3)CCC[C@@]21C. The van der Waals surface area contributed by atoms with Gasteiger partial charge in [-0.25, -0.2) is 0 Å². The molecule has 2 aromatic carbocycles. The van der Waals surface area contributed by atoms with E-state index in [2.05, 4.69) is 113 Å². The Labute approximate surface area is 722 Å². The van der Waals surface area contributed by atoms with Gasteiger partial charge in [0.05, 0.1) is 35.6 Å². The average molecular weight is 1810 g/mol. The maximum Gasteiger partial charge on any atom is 0.429 e. The van der Waals surface area contributed by atoms with E-state index < -0.39 is 111 Å². The van der Waals surface area contributed by atoms with E-state index in [1.165, 1.54) is 30.8 Å². The quantitative estimate of drug-likeness (QED) is 0.0268. The average Bonchev–Trinajstić information content (AvgIpc) is 1.74. The van der Waals surface area contributed by atoms with Crippen LogP contribution in [0.1, 0.15) is 251 Å². The minimum absolute atomic E-state index is 0.000922. The summed E-state index contributed by atoms with van der Waals surface area (Å²) in [5.41, 5.74) is -8.88. The number of hydrogen-bond donors (Lipinski definition) is 4. The van der Waals surface area contributed by atoms with Gasteiger partial charge in [-0.1, -0.05) is 190 Å². The van der Waals surface area contributed by atoms with E-state index in [0.717, 1.165) is 112 Å². The first-order chi connectivity index (χ1) is 54.7. The first-order valence-electron chi connectivity index (χ1n) is 44.2. The molecule has 0 aromatic heterocycles. The highest BCUT2D eigenvalue weighted by Crippen LogP contribution is 2.66. The summed E-state index contributed by atoms with van der Waals surface area (Å²) in [4.78, 5) is 12.8. The van der Waals surface area contributed by atoms with Crippen LogP contribution in [0.5, 0.6) is 0 Å². The Balaban J connectivity index is 0.000000282. The molecule has 0 amide bonds. The minimum atomic E-state index is -5.91. The van der Waals surface area contributed by atoms with Crippen LogP contribution in [0.2, 0.25) is 75.5 Å². The highest BCUT2D eigenvalue weighted by molar-refractivity contribution is 7.78. The summed E-state index contributed by atoms with van der Waals surface area (Å²) in [5, 5.41) is 42.2. The van der Waals surface area contributed by atoms with E-state index in [0.29, 0.717) is 63.9 Å². The number of fused-ring (bicyclic) bond motifs is 2. The van der Waals surface area contributed by atoms with Crippen LogP contribution in [0.25, 0.3) is 0 Å². The summed E-state index contributed by atoms with van der Waals surface area (Å²) in [6.07, 6.45) is 0.357. The van der Waals surface area contributed by atoms with Crippen molar-refractivity contribution < 1.29 is 100 Å². The number of rotatable bonds is 29. The van der Waals surface area contributed by atoms with Crippen LogP contribution >= 0.6 is 7.14 Å². The number of allylic oxidation sites excluding steroid dienone is 6. The zero-order valence-electron chi connectivity index (χ0n) is 77.3. The van der Waals surface area contributed by atoms with Crippen LogP contribution < -0.4 is 10.6 Å². The molecule has 0 saturated heterocycles. The van der Waals surface area contributed by atoms with E-state index in [1.807, 2.05) is 94.4 Å². The topological polar surface area (TPSA) is 152 Å². The first kappa shape index (κ1) is 107. The smallest absolute Gasteiger partial charge is 0.414 e. The molecule has 4 N–H and O–H groups in total. The predicted octanol–water partition coefficient (Wildman–Crippen LogP) is 26.8. The van der Waals surface area contributed by atoms with Crippen molar-refractivity contribution in [2.75, 3.05) is 6.16 Å². The molecule has 8 rings (SSSR count). The van der Waals surface area contributed by atoms with Crippen molar-refractivity contribution in [1.29, 1.82) is 0 Å². The van der Waals surface area contributed by atoms with Gasteiger partial charge < -0.3 is 42.7 Å². The van der Waals surface area contributed by atoms with Gasteiger partial charge in [0.1, 0.15) is 12.9 Å². The maximum atomic E-state index is 14.6. The van der Waals surface area contributed by atoms with Gasteiger partial charge in [-0.3, -0.25) is 4.79 Å². The van der Waals surface area contributed by atoms with Crippen molar-refractivity contribution in [1.82, 2.24) is 0 Å². The fourth-order valence-corrected chi connectivity index (χ4v) is 28.8. The van der Waals surface area contributed by atoms with Crippen molar-refractivity contribution in [2.45, 2.75) is 398 Å². The van der Waals surface area contributed by atoms with Crippen LogP contribution in [0.4, 0.5) is 52.7 Å². The van der Waals surface area contributed by atoms with Crippen molar-refractivity contribution >= 4 is 56.8 Å². The summed E-state index contributed by atoms with van der Waals surface area (Å²) in [6.45, 7) is 49.1. The molecule has 0 bridgehead atoms. The van der Waals surface area contributed by atoms with Crippen molar-refractivity contribution in [3.05, 3.63) is 120 Å². The molecule has 6 aliphatic carbocycles. The number of aliphatic hydroxyl groups is 4. The van der Waals surface area contributed by atoms with Crippen LogP contribution in [-0.4, -0.2) is 137 Å². The standard InChI is InChI=1S/C32H48F6O4.C32H51O3PSi2.C30H52F6O3Si2/c1-27(2,41)13-6-14-28(3,15-7-17-30(42,31(33,34)35)32(36,37)38)26-12-11-25-22(8-5-16-29(25,26)4)10-9-21-18-23(39)20-24(40)19-21;1-31(2,3)37(7,8)34-27-23-26(24-28(25-27)35-38(9,10)32(4,5)6)21-22-36(33,29-17-13-11-14-18-29)30-19-15-12-16-20-30;1-25(2,38-40(5,6)7)17-12-18-26(3,24-16-15-22-23(37)14-11-20-27(22,24)4)19-13-21-28(29(31,32)33,30(34,35)36)39-41(8,9)10/h7,9-10,17,23-26,39-42H,5-6,8,11-16,18-20H2,1-4H3;11-21,27-28H,22-25H2,1-10H3;13,21-22,24H,11-12,14-20H2,1-10H3/b17-7-,22-10+;;21-13-/t23-,24-,25?,26-,28-,29+;27-,28-;22?,24-,26-,27+/m111/s1. The van der Waals surface area contributed by atoms with Gasteiger partial charge in [0, 0.05) is 29.1 Å². The number of halogens is 12. The number of hydrogen-bond acceptors (Lipinski definition) is 10. The molecule has 0 heterocycles. The Morgan fingerprint density at radius 1 is 0.496 bits per heavy atom. The summed E-state index contributed by atoms with van der Waals surface area (Å²) in [5.74, 6) is 0.336. The molecule has 12 atom stereocenters. The number of benzene rings is 2. The molecule has 692 valence electrons. The molecular formula is C94H151F12O10PSi4. The lowest BCUT2D eigenvalue weighted by Crippen LogP contribution is -2.61. The van der Waals surface area contributed by atoms with E-state index >= 15 is 0 Å². The third-order valence-corrected chi connectivity index (χ3v) is 42.4. The van der Waals surface area contributed by atoms with Crippen molar-refractivity contribution in [3.8, 4) is 0 Å². The number of alkyl halides is 12. The monoisotopic (exact) mass is 1810 g/mol. The number of aliphatic hydroxyl groups excluding tert-OH is 2. The predicted molar refractivity (Wildman–Crippen MR) is 477 cm³/mol. The van der Waals surface area contributed by atoms with E-state index in [4.69, 9.17) is 17.7 Å². The van der Waals surface area contributed by atoms with Gasteiger partial charge >= 0.3 is 24.7 Å². The molecule has 2 unspecified atom stereocenters. The van der Waals surface area contributed by atoms with Gasteiger partial charge in [-0.2, -0.15) is 52.7 Å². The molecule has 6 saturated carbocycles. The molecule has 2 aromatic rings. The highest BCUT2D eigenvalue weighted by atomic mass is 31.2. The van der Waals surface area contributed by atoms with Crippen molar-refractivity contribution in [2.24, 2.45) is 45.3 Å². The summed E-state index contributed by atoms with van der Waals surface area (Å²) in [6, 6.07) is 20.0. The van der Waals surface area contributed by atoms with E-state index in [-0.39, 0.29) is 87.6 Å². The highest BCUT2D eigenvalue weighted by Gasteiger charge is 2.72.